The Morgan fingerprint density at radius 2 is 1.86 bits per heavy atom. The number of para-hydroxylation sites is 1. The van der Waals surface area contributed by atoms with E-state index >= 15 is 0 Å². The molecule has 2 rings (SSSR count). The van der Waals surface area contributed by atoms with Gasteiger partial charge in [0.15, 0.2) is 0 Å². The van der Waals surface area contributed by atoms with Crippen LogP contribution in [-0.2, 0) is 10.5 Å². The van der Waals surface area contributed by atoms with Crippen LogP contribution in [0.1, 0.15) is 18.1 Å². The highest BCUT2D eigenvalue weighted by atomic mass is 32.2. The number of aryl methyl sites for hydroxylation is 1. The van der Waals surface area contributed by atoms with Crippen molar-refractivity contribution in [3.05, 3.63) is 65.5 Å². The summed E-state index contributed by atoms with van der Waals surface area (Å²) in [6.07, 6.45) is 0. The van der Waals surface area contributed by atoms with Crippen LogP contribution >= 0.6 is 11.8 Å². The molecule has 2 aromatic carbocycles. The topological polar surface area (TPSA) is 29.1 Å². The fourth-order valence-corrected chi connectivity index (χ4v) is 2.82. The van der Waals surface area contributed by atoms with Gasteiger partial charge in [-0.1, -0.05) is 36.4 Å². The first-order valence-corrected chi connectivity index (χ1v) is 7.84. The Balaban J connectivity index is 1.91. The summed E-state index contributed by atoms with van der Waals surface area (Å²) >= 11 is 1.54. The van der Waals surface area contributed by atoms with Crippen molar-refractivity contribution in [1.29, 1.82) is 0 Å². The molecule has 0 aliphatic heterocycles. The van der Waals surface area contributed by atoms with E-state index in [1.165, 1.54) is 17.2 Å². The van der Waals surface area contributed by atoms with Gasteiger partial charge >= 0.3 is 0 Å². The Labute approximate surface area is 128 Å². The van der Waals surface area contributed by atoms with E-state index in [1.54, 1.807) is 30.0 Å². The van der Waals surface area contributed by atoms with E-state index in [1.807, 2.05) is 19.1 Å². The number of benzene rings is 2. The summed E-state index contributed by atoms with van der Waals surface area (Å²) in [6, 6.07) is 14.3. The molecule has 0 aromatic heterocycles. The van der Waals surface area contributed by atoms with Crippen LogP contribution < -0.4 is 5.32 Å². The van der Waals surface area contributed by atoms with E-state index in [0.29, 0.717) is 0 Å². The Kier molecular flexibility index (Phi) is 5.39. The van der Waals surface area contributed by atoms with Gasteiger partial charge in [-0.05, 0) is 37.1 Å². The van der Waals surface area contributed by atoms with Gasteiger partial charge in [0.2, 0.25) is 5.91 Å². The zero-order valence-electron chi connectivity index (χ0n) is 12.1. The number of hydrogen-bond donors (Lipinski definition) is 1. The molecule has 2 nitrogen and oxygen atoms in total. The van der Waals surface area contributed by atoms with Crippen molar-refractivity contribution in [2.24, 2.45) is 0 Å². The maximum Gasteiger partial charge on any atom is 0.237 e. The summed E-state index contributed by atoms with van der Waals surface area (Å²) in [7, 11) is 0. The van der Waals surface area contributed by atoms with Gasteiger partial charge in [0.05, 0.1) is 10.9 Å². The highest BCUT2D eigenvalue weighted by molar-refractivity contribution is 7.99. The summed E-state index contributed by atoms with van der Waals surface area (Å²) in [6.45, 7) is 3.89. The molecule has 0 aliphatic rings. The first kappa shape index (κ1) is 15.6. The summed E-state index contributed by atoms with van der Waals surface area (Å²) in [5.41, 5.74) is 2.66. The molecule has 1 atom stereocenters. The number of anilines is 1. The lowest BCUT2D eigenvalue weighted by Crippen LogP contribution is -2.23. The predicted octanol–water partition coefficient (Wildman–Crippen LogP) is 4.39. The molecule has 2 aromatic rings. The number of hydrogen-bond acceptors (Lipinski definition) is 2. The molecule has 0 aliphatic carbocycles. The number of halogens is 1. The first-order chi connectivity index (χ1) is 10.1. The summed E-state index contributed by atoms with van der Waals surface area (Å²) in [4.78, 5) is 12.1. The van der Waals surface area contributed by atoms with Crippen molar-refractivity contribution >= 4 is 23.4 Å². The van der Waals surface area contributed by atoms with Crippen molar-refractivity contribution < 1.29 is 9.18 Å². The van der Waals surface area contributed by atoms with Crippen molar-refractivity contribution in [3.63, 3.8) is 0 Å². The molecule has 0 saturated carbocycles. The molecular formula is C17H18FNOS. The largest absolute Gasteiger partial charge is 0.323 e. The van der Waals surface area contributed by atoms with Gasteiger partial charge in [0.25, 0.3) is 0 Å². The third-order valence-corrected chi connectivity index (χ3v) is 4.44. The average molecular weight is 303 g/mol. The molecule has 0 heterocycles. The number of carbonyl (C=O) groups is 1. The standard InChI is InChI=1S/C17H18FNOS/c1-12-7-3-4-8-14(12)11-21-13(2)17(20)19-16-10-6-5-9-15(16)18/h3-10,13H,11H2,1-2H3,(H,19,20). The number of carbonyl (C=O) groups excluding carboxylic acids is 1. The minimum Gasteiger partial charge on any atom is -0.323 e. The Hall–Kier alpha value is -1.81. The normalized spacial score (nSPS) is 12.0. The van der Waals surface area contributed by atoms with Crippen LogP contribution in [0, 0.1) is 12.7 Å². The number of thioether (sulfide) groups is 1. The third-order valence-electron chi connectivity index (χ3n) is 3.25. The number of nitrogens with one attached hydrogen (secondary N) is 1. The molecule has 0 radical (unpaired) electrons. The van der Waals surface area contributed by atoms with Crippen molar-refractivity contribution in [1.82, 2.24) is 0 Å². The second-order valence-corrected chi connectivity index (χ2v) is 6.18. The SMILES string of the molecule is Cc1ccccc1CSC(C)C(=O)Nc1ccccc1F. The van der Waals surface area contributed by atoms with Crippen molar-refractivity contribution in [3.8, 4) is 0 Å². The predicted molar refractivity (Wildman–Crippen MR) is 87.0 cm³/mol. The molecular weight excluding hydrogens is 285 g/mol. The minimum atomic E-state index is -0.415. The quantitative estimate of drug-likeness (QED) is 0.887. The fourth-order valence-electron chi connectivity index (χ4n) is 1.86. The summed E-state index contributed by atoms with van der Waals surface area (Å²) < 4.78 is 13.5. The van der Waals surface area contributed by atoms with E-state index in [-0.39, 0.29) is 16.8 Å². The smallest absolute Gasteiger partial charge is 0.237 e. The van der Waals surface area contributed by atoms with Crippen LogP contribution in [-0.4, -0.2) is 11.2 Å². The lowest BCUT2D eigenvalue weighted by molar-refractivity contribution is -0.115. The van der Waals surface area contributed by atoms with E-state index in [0.717, 1.165) is 5.75 Å². The van der Waals surface area contributed by atoms with Crippen LogP contribution in [0.2, 0.25) is 0 Å². The summed E-state index contributed by atoms with van der Waals surface area (Å²) in [5.74, 6) is 0.166. The van der Waals surface area contributed by atoms with E-state index in [9.17, 15) is 9.18 Å². The highest BCUT2D eigenvalue weighted by Gasteiger charge is 2.15. The van der Waals surface area contributed by atoms with Gasteiger partial charge in [-0.25, -0.2) is 4.39 Å². The Morgan fingerprint density at radius 1 is 1.19 bits per heavy atom. The van der Waals surface area contributed by atoms with Crippen LogP contribution in [0.4, 0.5) is 10.1 Å². The van der Waals surface area contributed by atoms with Gasteiger partial charge in [0, 0.05) is 5.75 Å². The van der Waals surface area contributed by atoms with Crippen LogP contribution in [0.15, 0.2) is 48.5 Å². The molecule has 0 saturated heterocycles. The summed E-state index contributed by atoms with van der Waals surface area (Å²) in [5, 5.41) is 2.38. The van der Waals surface area contributed by atoms with E-state index < -0.39 is 5.82 Å². The van der Waals surface area contributed by atoms with Crippen molar-refractivity contribution in [2.45, 2.75) is 24.9 Å². The third kappa shape index (κ3) is 4.33. The lowest BCUT2D eigenvalue weighted by Gasteiger charge is -2.13. The van der Waals surface area contributed by atoms with Crippen LogP contribution in [0.3, 0.4) is 0 Å². The van der Waals surface area contributed by atoms with Gasteiger partial charge in [-0.3, -0.25) is 4.79 Å². The molecule has 1 N–H and O–H groups in total. The Bertz CT molecular complexity index is 630. The minimum absolute atomic E-state index is 0.182. The fraction of sp³-hybridized carbons (Fsp3) is 0.235. The Morgan fingerprint density at radius 3 is 2.57 bits per heavy atom. The average Bonchev–Trinajstić information content (AvgIpc) is 2.48. The molecule has 4 heteroatoms. The van der Waals surface area contributed by atoms with Gasteiger partial charge in [-0.15, -0.1) is 11.8 Å². The molecule has 0 bridgehead atoms. The highest BCUT2D eigenvalue weighted by Crippen LogP contribution is 2.22. The monoisotopic (exact) mass is 303 g/mol. The maximum absolute atomic E-state index is 13.5. The van der Waals surface area contributed by atoms with Gasteiger partial charge in [-0.2, -0.15) is 0 Å². The first-order valence-electron chi connectivity index (χ1n) is 6.79. The lowest BCUT2D eigenvalue weighted by atomic mass is 10.1. The van der Waals surface area contributed by atoms with Crippen molar-refractivity contribution in [2.75, 3.05) is 5.32 Å². The van der Waals surface area contributed by atoms with E-state index in [4.69, 9.17) is 0 Å². The second-order valence-electron chi connectivity index (χ2n) is 4.85. The van der Waals surface area contributed by atoms with Gasteiger partial charge in [0.1, 0.15) is 5.82 Å². The van der Waals surface area contributed by atoms with Gasteiger partial charge < -0.3 is 5.32 Å². The van der Waals surface area contributed by atoms with E-state index in [2.05, 4.69) is 24.4 Å². The van der Waals surface area contributed by atoms with Crippen LogP contribution in [0.25, 0.3) is 0 Å². The molecule has 110 valence electrons. The zero-order chi connectivity index (χ0) is 15.2. The molecule has 0 fully saturated rings. The number of rotatable bonds is 5. The number of amides is 1. The maximum atomic E-state index is 13.5. The molecule has 21 heavy (non-hydrogen) atoms. The zero-order valence-corrected chi connectivity index (χ0v) is 12.9. The molecule has 1 amide bonds. The van der Waals surface area contributed by atoms with Crippen LogP contribution in [0.5, 0.6) is 0 Å². The molecule has 0 spiro atoms. The molecule has 1 unspecified atom stereocenters. The second kappa shape index (κ2) is 7.27.